The number of nitrogens with two attached hydrogens (primary N) is 1. The predicted octanol–water partition coefficient (Wildman–Crippen LogP) is 2.29. The topological polar surface area (TPSA) is 108 Å². The summed E-state index contributed by atoms with van der Waals surface area (Å²) in [4.78, 5) is 41.5. The summed E-state index contributed by atoms with van der Waals surface area (Å²) in [6.07, 6.45) is 0. The van der Waals surface area contributed by atoms with Gasteiger partial charge in [-0.2, -0.15) is 0 Å². The Balaban J connectivity index is 1.91. The van der Waals surface area contributed by atoms with E-state index in [1.54, 1.807) is 31.3 Å². The zero-order valence-corrected chi connectivity index (χ0v) is 17.9. The summed E-state index contributed by atoms with van der Waals surface area (Å²) in [5.74, 6) is -2.42. The fraction of sp³-hybridized carbons (Fsp3) is 0.208. The number of carbonyl (C=O) groups excluding carboxylic acids is 3. The summed E-state index contributed by atoms with van der Waals surface area (Å²) in [5.41, 5.74) is 5.61. The molecule has 0 radical (unpaired) electrons. The monoisotopic (exact) mass is 434 g/mol. The van der Waals surface area contributed by atoms with Gasteiger partial charge in [-0.05, 0) is 18.6 Å². The Morgan fingerprint density at radius 2 is 1.69 bits per heavy atom. The third-order valence-electron chi connectivity index (χ3n) is 5.71. The van der Waals surface area contributed by atoms with Gasteiger partial charge in [-0.3, -0.25) is 4.79 Å². The number of carbonyl (C=O) groups is 3. The number of likely N-dealkylation sites (N-methyl/N-ethyl adjacent to an activating group) is 1. The molecule has 164 valence electrons. The molecule has 0 fully saturated rings. The average Bonchev–Trinajstić information content (AvgIpc) is 3.01. The van der Waals surface area contributed by atoms with E-state index < -0.39 is 23.3 Å². The Hall–Kier alpha value is -4.07. The molecule has 0 aliphatic carbocycles. The molecule has 2 aliphatic heterocycles. The smallest absolute Gasteiger partial charge is 0.340 e. The number of allylic oxidation sites excluding steroid dienone is 1. The minimum Gasteiger partial charge on any atom is -0.465 e. The maximum atomic E-state index is 13.8. The van der Waals surface area contributed by atoms with Crippen molar-refractivity contribution < 1.29 is 28.6 Å². The van der Waals surface area contributed by atoms with Gasteiger partial charge in [0.25, 0.3) is 0 Å². The highest BCUT2D eigenvalue weighted by atomic mass is 16.5. The van der Waals surface area contributed by atoms with Gasteiger partial charge in [-0.1, -0.05) is 48.5 Å². The first-order chi connectivity index (χ1) is 15.3. The number of para-hydroxylation sites is 1. The van der Waals surface area contributed by atoms with Gasteiger partial charge >= 0.3 is 11.9 Å². The van der Waals surface area contributed by atoms with Crippen LogP contribution in [0, 0.1) is 0 Å². The van der Waals surface area contributed by atoms with E-state index in [0.717, 1.165) is 5.56 Å². The van der Waals surface area contributed by atoms with Crippen LogP contribution in [0.15, 0.2) is 77.4 Å². The van der Waals surface area contributed by atoms with Crippen molar-refractivity contribution in [2.75, 3.05) is 19.1 Å². The number of hydrogen-bond donors (Lipinski definition) is 1. The lowest BCUT2D eigenvalue weighted by atomic mass is 9.67. The zero-order chi connectivity index (χ0) is 23.0. The van der Waals surface area contributed by atoms with Gasteiger partial charge in [0.2, 0.25) is 11.8 Å². The van der Waals surface area contributed by atoms with E-state index in [1.165, 1.54) is 18.9 Å². The molecule has 2 N–H and O–H groups in total. The first-order valence-electron chi connectivity index (χ1n) is 9.90. The standard InChI is InChI=1S/C24H22N2O6/c1-14-18(22(28)31-13-15-9-5-4-6-10-15)24(19(20(25)32-14)21(27)30-3)16-11-7-8-12-17(16)26(2)23(24)29/h4-12H,13,25H2,1-3H3. The molecule has 0 saturated carbocycles. The number of benzene rings is 2. The van der Waals surface area contributed by atoms with Crippen LogP contribution in [0.1, 0.15) is 18.1 Å². The zero-order valence-electron chi connectivity index (χ0n) is 17.9. The Kier molecular flexibility index (Phi) is 5.22. The molecule has 0 saturated heterocycles. The summed E-state index contributed by atoms with van der Waals surface area (Å²) in [6.45, 7) is 1.49. The van der Waals surface area contributed by atoms with Gasteiger partial charge < -0.3 is 24.8 Å². The van der Waals surface area contributed by atoms with Crippen LogP contribution in [0.3, 0.4) is 0 Å². The molecule has 8 heteroatoms. The van der Waals surface area contributed by atoms with Gasteiger partial charge in [0, 0.05) is 18.3 Å². The highest BCUT2D eigenvalue weighted by Gasteiger charge is 2.63. The lowest BCUT2D eigenvalue weighted by Crippen LogP contribution is -2.50. The number of methoxy groups -OCH3 is 1. The average molecular weight is 434 g/mol. The van der Waals surface area contributed by atoms with Crippen LogP contribution in [0.25, 0.3) is 0 Å². The molecule has 2 aromatic rings. The molecular formula is C24H22N2O6. The van der Waals surface area contributed by atoms with Crippen molar-refractivity contribution >= 4 is 23.5 Å². The largest absolute Gasteiger partial charge is 0.465 e. The highest BCUT2D eigenvalue weighted by Crippen LogP contribution is 2.54. The molecular weight excluding hydrogens is 412 g/mol. The second-order valence-corrected chi connectivity index (χ2v) is 7.46. The SMILES string of the molecule is COC(=O)C1=C(N)OC(C)=C(C(=O)OCc2ccccc2)C12C(=O)N(C)c1ccccc12. The first-order valence-corrected chi connectivity index (χ1v) is 9.90. The summed E-state index contributed by atoms with van der Waals surface area (Å²) in [6, 6.07) is 16.0. The fourth-order valence-electron chi connectivity index (χ4n) is 4.33. The molecule has 2 heterocycles. The van der Waals surface area contributed by atoms with Crippen LogP contribution in [-0.2, 0) is 40.6 Å². The van der Waals surface area contributed by atoms with Crippen molar-refractivity contribution in [3.8, 4) is 0 Å². The van der Waals surface area contributed by atoms with Crippen LogP contribution in [0.2, 0.25) is 0 Å². The van der Waals surface area contributed by atoms with Crippen LogP contribution in [-0.4, -0.2) is 32.0 Å². The number of amides is 1. The number of rotatable bonds is 4. The molecule has 0 aromatic heterocycles. The van der Waals surface area contributed by atoms with E-state index in [9.17, 15) is 14.4 Å². The molecule has 32 heavy (non-hydrogen) atoms. The second kappa shape index (κ2) is 7.88. The number of hydrogen-bond acceptors (Lipinski definition) is 7. The summed E-state index contributed by atoms with van der Waals surface area (Å²) < 4.78 is 16.1. The molecule has 1 unspecified atom stereocenters. The van der Waals surface area contributed by atoms with Crippen molar-refractivity contribution in [3.63, 3.8) is 0 Å². The second-order valence-electron chi connectivity index (χ2n) is 7.46. The fourth-order valence-corrected chi connectivity index (χ4v) is 4.33. The maximum absolute atomic E-state index is 13.8. The lowest BCUT2D eigenvalue weighted by Gasteiger charge is -2.35. The molecule has 0 bridgehead atoms. The van der Waals surface area contributed by atoms with Crippen LogP contribution < -0.4 is 10.6 Å². The Morgan fingerprint density at radius 3 is 2.38 bits per heavy atom. The highest BCUT2D eigenvalue weighted by molar-refractivity contribution is 6.22. The van der Waals surface area contributed by atoms with Crippen molar-refractivity contribution in [3.05, 3.63) is 88.5 Å². The van der Waals surface area contributed by atoms with E-state index in [1.807, 2.05) is 30.3 Å². The van der Waals surface area contributed by atoms with Crippen LogP contribution in [0.5, 0.6) is 0 Å². The number of nitrogens with zero attached hydrogens (tertiary/aromatic N) is 1. The minimum absolute atomic E-state index is 0.0229. The Bertz CT molecular complexity index is 1180. The van der Waals surface area contributed by atoms with E-state index in [-0.39, 0.29) is 29.4 Å². The van der Waals surface area contributed by atoms with Crippen molar-refractivity contribution in [1.29, 1.82) is 0 Å². The van der Waals surface area contributed by atoms with Gasteiger partial charge in [-0.25, -0.2) is 9.59 Å². The Morgan fingerprint density at radius 1 is 1.03 bits per heavy atom. The molecule has 8 nitrogen and oxygen atoms in total. The molecule has 1 atom stereocenters. The van der Waals surface area contributed by atoms with E-state index in [0.29, 0.717) is 11.3 Å². The van der Waals surface area contributed by atoms with Crippen molar-refractivity contribution in [2.45, 2.75) is 18.9 Å². The Labute approximate surface area is 184 Å². The molecule has 4 rings (SSSR count). The quantitative estimate of drug-likeness (QED) is 0.736. The summed E-state index contributed by atoms with van der Waals surface area (Å²) >= 11 is 0. The van der Waals surface area contributed by atoms with E-state index in [4.69, 9.17) is 19.9 Å². The van der Waals surface area contributed by atoms with Gasteiger partial charge in [0.05, 0.1) is 7.11 Å². The third-order valence-corrected chi connectivity index (χ3v) is 5.71. The number of esters is 2. The van der Waals surface area contributed by atoms with Crippen molar-refractivity contribution in [1.82, 2.24) is 0 Å². The number of fused-ring (bicyclic) bond motifs is 2. The van der Waals surface area contributed by atoms with Gasteiger partial charge in [0.1, 0.15) is 28.9 Å². The number of anilines is 1. The van der Waals surface area contributed by atoms with Crippen LogP contribution in [0.4, 0.5) is 5.69 Å². The molecule has 2 aromatic carbocycles. The molecule has 1 spiro atoms. The van der Waals surface area contributed by atoms with Gasteiger partial charge in [0.15, 0.2) is 0 Å². The first kappa shape index (κ1) is 21.2. The van der Waals surface area contributed by atoms with Gasteiger partial charge in [-0.15, -0.1) is 0 Å². The molecule has 2 aliphatic rings. The maximum Gasteiger partial charge on any atom is 0.340 e. The third kappa shape index (κ3) is 2.95. The van der Waals surface area contributed by atoms with E-state index >= 15 is 0 Å². The lowest BCUT2D eigenvalue weighted by molar-refractivity contribution is -0.143. The summed E-state index contributed by atoms with van der Waals surface area (Å²) in [7, 11) is 2.74. The van der Waals surface area contributed by atoms with Crippen molar-refractivity contribution in [2.24, 2.45) is 5.73 Å². The predicted molar refractivity (Wildman–Crippen MR) is 115 cm³/mol. The number of ether oxygens (including phenoxy) is 3. The van der Waals surface area contributed by atoms with E-state index in [2.05, 4.69) is 0 Å². The minimum atomic E-state index is -1.85. The van der Waals surface area contributed by atoms with Crippen LogP contribution >= 0.6 is 0 Å². The normalized spacial score (nSPS) is 19.7. The summed E-state index contributed by atoms with van der Waals surface area (Å²) in [5, 5.41) is 0. The molecule has 1 amide bonds.